The zero-order valence-electron chi connectivity index (χ0n) is 17.4. The summed E-state index contributed by atoms with van der Waals surface area (Å²) < 4.78 is 8.34. The van der Waals surface area contributed by atoms with Crippen LogP contribution in [0.25, 0.3) is 10.2 Å². The van der Waals surface area contributed by atoms with Gasteiger partial charge in [-0.3, -0.25) is 13.9 Å². The van der Waals surface area contributed by atoms with Crippen LogP contribution in [-0.2, 0) is 17.8 Å². The maximum atomic E-state index is 13.4. The second kappa shape index (κ2) is 7.28. The highest BCUT2D eigenvalue weighted by Gasteiger charge is 2.39. The molecule has 0 spiro atoms. The van der Waals surface area contributed by atoms with Crippen LogP contribution < -0.4 is 16.6 Å². The number of nitrogens with one attached hydrogen (secondary N) is 1. The largest absolute Gasteiger partial charge is 0.383 e. The van der Waals surface area contributed by atoms with Crippen LogP contribution in [0.2, 0.25) is 0 Å². The van der Waals surface area contributed by atoms with Gasteiger partial charge in [-0.1, -0.05) is 13.8 Å². The summed E-state index contributed by atoms with van der Waals surface area (Å²) in [6.07, 6.45) is 1.64. The van der Waals surface area contributed by atoms with Crippen molar-refractivity contribution in [3.63, 3.8) is 0 Å². The van der Waals surface area contributed by atoms with Crippen LogP contribution in [0.5, 0.6) is 0 Å². The predicted octanol–water partition coefficient (Wildman–Crippen LogP) is 2.07. The highest BCUT2D eigenvalue weighted by atomic mass is 32.1. The topological polar surface area (TPSA) is 85.6 Å². The molecule has 9 heteroatoms. The maximum absolute atomic E-state index is 13.4. The number of aryl methyl sites for hydroxylation is 1. The van der Waals surface area contributed by atoms with E-state index in [0.717, 1.165) is 23.3 Å². The van der Waals surface area contributed by atoms with Gasteiger partial charge in [0.05, 0.1) is 25.1 Å². The fourth-order valence-corrected chi connectivity index (χ4v) is 5.83. The van der Waals surface area contributed by atoms with Crippen molar-refractivity contribution in [2.24, 2.45) is 5.41 Å². The number of nitrogens with zero attached hydrogens (tertiary/aromatic N) is 3. The maximum Gasteiger partial charge on any atom is 0.332 e. The molecule has 158 valence electrons. The summed E-state index contributed by atoms with van der Waals surface area (Å²) in [6.45, 7) is 8.75. The molecule has 8 nitrogen and oxygen atoms in total. The van der Waals surface area contributed by atoms with Crippen molar-refractivity contribution in [2.45, 2.75) is 52.7 Å². The van der Waals surface area contributed by atoms with Crippen molar-refractivity contribution in [3.8, 4) is 0 Å². The monoisotopic (exact) mass is 420 g/mol. The van der Waals surface area contributed by atoms with E-state index in [0.29, 0.717) is 43.0 Å². The number of urea groups is 1. The molecule has 1 saturated heterocycles. The summed E-state index contributed by atoms with van der Waals surface area (Å²) >= 11 is 1.44. The van der Waals surface area contributed by atoms with Crippen molar-refractivity contribution in [2.75, 3.05) is 26.8 Å². The number of hydrogen-bond donors (Lipinski definition) is 1. The van der Waals surface area contributed by atoms with Gasteiger partial charge >= 0.3 is 11.7 Å². The Morgan fingerprint density at radius 2 is 1.97 bits per heavy atom. The van der Waals surface area contributed by atoms with Gasteiger partial charge in [0, 0.05) is 31.1 Å². The first-order chi connectivity index (χ1) is 13.7. The van der Waals surface area contributed by atoms with Crippen LogP contribution in [0.3, 0.4) is 0 Å². The summed E-state index contributed by atoms with van der Waals surface area (Å²) in [7, 11) is 1.60. The van der Waals surface area contributed by atoms with Gasteiger partial charge < -0.3 is 15.0 Å². The molecule has 2 aromatic rings. The van der Waals surface area contributed by atoms with E-state index in [2.05, 4.69) is 19.2 Å². The van der Waals surface area contributed by atoms with Gasteiger partial charge in [0.2, 0.25) is 0 Å². The number of carbonyl (C=O) groups is 1. The summed E-state index contributed by atoms with van der Waals surface area (Å²) in [4.78, 5) is 42.0. The van der Waals surface area contributed by atoms with Crippen LogP contribution in [0.15, 0.2) is 9.59 Å². The Balaban J connectivity index is 1.85. The van der Waals surface area contributed by atoms with E-state index >= 15 is 0 Å². The van der Waals surface area contributed by atoms with E-state index in [4.69, 9.17) is 4.74 Å². The van der Waals surface area contributed by atoms with Crippen LogP contribution in [-0.4, -0.2) is 46.9 Å². The molecule has 1 aliphatic heterocycles. The molecule has 0 atom stereocenters. The number of ether oxygens (including phenoxy) is 1. The molecule has 3 heterocycles. The molecule has 0 bridgehead atoms. The normalized spacial score (nSPS) is 19.0. The number of rotatable bonds is 6. The van der Waals surface area contributed by atoms with Crippen LogP contribution in [0, 0.1) is 12.3 Å². The quantitative estimate of drug-likeness (QED) is 0.775. The summed E-state index contributed by atoms with van der Waals surface area (Å²) in [5, 5.41) is 3.41. The van der Waals surface area contributed by atoms with Gasteiger partial charge in [0.1, 0.15) is 4.83 Å². The van der Waals surface area contributed by atoms with Crippen LogP contribution >= 0.6 is 11.3 Å². The number of methoxy groups -OCH3 is 1. The lowest BCUT2D eigenvalue weighted by molar-refractivity contribution is 0.0967. The van der Waals surface area contributed by atoms with Crippen molar-refractivity contribution in [3.05, 3.63) is 31.3 Å². The molecular formula is C20H28N4O4S. The van der Waals surface area contributed by atoms with E-state index in [1.54, 1.807) is 16.6 Å². The minimum atomic E-state index is -0.258. The molecule has 1 N–H and O–H groups in total. The highest BCUT2D eigenvalue weighted by Crippen LogP contribution is 2.46. The zero-order valence-corrected chi connectivity index (χ0v) is 18.2. The molecule has 2 aliphatic rings. The second-order valence-corrected chi connectivity index (χ2v) is 9.90. The van der Waals surface area contributed by atoms with E-state index in [-0.39, 0.29) is 28.7 Å². The average Bonchev–Trinajstić information content (AvgIpc) is 3.17. The summed E-state index contributed by atoms with van der Waals surface area (Å²) in [5.74, 6) is 0. The Labute approximate surface area is 173 Å². The molecule has 0 radical (unpaired) electrons. The lowest BCUT2D eigenvalue weighted by Crippen LogP contribution is -2.48. The van der Waals surface area contributed by atoms with E-state index in [1.165, 1.54) is 15.9 Å². The van der Waals surface area contributed by atoms with Crippen molar-refractivity contribution >= 4 is 27.6 Å². The summed E-state index contributed by atoms with van der Waals surface area (Å²) in [5.41, 5.74) is 0.561. The number of hydrogen-bond acceptors (Lipinski definition) is 5. The minimum absolute atomic E-state index is 0.0599. The number of carbonyl (C=O) groups excluding carboxylic acids is 1. The van der Waals surface area contributed by atoms with Crippen LogP contribution in [0.1, 0.15) is 43.2 Å². The van der Waals surface area contributed by atoms with E-state index < -0.39 is 0 Å². The lowest BCUT2D eigenvalue weighted by Gasteiger charge is -2.43. The van der Waals surface area contributed by atoms with Gasteiger partial charge in [-0.05, 0) is 30.7 Å². The third-order valence-corrected chi connectivity index (χ3v) is 7.38. The smallest absolute Gasteiger partial charge is 0.332 e. The zero-order chi connectivity index (χ0) is 20.9. The SMILES string of the molecule is COCCn1c(=O)n(C2CC(C)(C)C2)c(=O)c2c(C)c(CN3CCNC3=O)sc21. The van der Waals surface area contributed by atoms with Gasteiger partial charge in [-0.2, -0.15) is 0 Å². The first-order valence-electron chi connectivity index (χ1n) is 10.0. The molecule has 2 fully saturated rings. The van der Waals surface area contributed by atoms with Gasteiger partial charge in [-0.15, -0.1) is 11.3 Å². The molecular weight excluding hydrogens is 392 g/mol. The molecule has 1 saturated carbocycles. The first-order valence-corrected chi connectivity index (χ1v) is 10.8. The first kappa shape index (κ1) is 20.2. The van der Waals surface area contributed by atoms with Gasteiger partial charge in [-0.25, -0.2) is 9.59 Å². The number of fused-ring (bicyclic) bond motifs is 1. The van der Waals surface area contributed by atoms with E-state index in [1.807, 2.05) is 6.92 Å². The Kier molecular flexibility index (Phi) is 5.06. The number of amides is 2. The van der Waals surface area contributed by atoms with Crippen molar-refractivity contribution in [1.82, 2.24) is 19.4 Å². The molecule has 4 rings (SSSR count). The molecule has 29 heavy (non-hydrogen) atoms. The third kappa shape index (κ3) is 3.40. The molecule has 0 aromatic carbocycles. The van der Waals surface area contributed by atoms with E-state index in [9.17, 15) is 14.4 Å². The molecule has 2 aromatic heterocycles. The van der Waals surface area contributed by atoms with Gasteiger partial charge in [0.15, 0.2) is 0 Å². The minimum Gasteiger partial charge on any atom is -0.383 e. The predicted molar refractivity (Wildman–Crippen MR) is 113 cm³/mol. The standard InChI is InChI=1S/C20H28N4O4S/c1-12-14(11-22-6-5-21-18(22)26)29-17-15(12)16(25)24(13-9-20(2,3)10-13)19(27)23(17)7-8-28-4/h13H,5-11H2,1-4H3,(H,21,26). The average molecular weight is 421 g/mol. The lowest BCUT2D eigenvalue weighted by atomic mass is 9.68. The summed E-state index contributed by atoms with van der Waals surface area (Å²) in [6, 6.07) is -0.150. The number of thiophene rings is 1. The van der Waals surface area contributed by atoms with Gasteiger partial charge in [0.25, 0.3) is 5.56 Å². The Morgan fingerprint density at radius 3 is 2.55 bits per heavy atom. The number of aromatic nitrogens is 2. The molecule has 0 unspecified atom stereocenters. The van der Waals surface area contributed by atoms with Crippen LogP contribution in [0.4, 0.5) is 4.79 Å². The van der Waals surface area contributed by atoms with Crippen molar-refractivity contribution < 1.29 is 9.53 Å². The fraction of sp³-hybridized carbons (Fsp3) is 0.650. The Hall–Kier alpha value is -2.13. The molecule has 1 aliphatic carbocycles. The fourth-order valence-electron chi connectivity index (χ4n) is 4.50. The highest BCUT2D eigenvalue weighted by molar-refractivity contribution is 7.18. The Bertz CT molecular complexity index is 1070. The third-order valence-electron chi connectivity index (χ3n) is 6.08. The molecule has 2 amide bonds. The van der Waals surface area contributed by atoms with Crippen molar-refractivity contribution in [1.29, 1.82) is 0 Å². The second-order valence-electron chi connectivity index (χ2n) is 8.81. The Morgan fingerprint density at radius 1 is 1.24 bits per heavy atom.